The molecule has 1 saturated heterocycles. The molecule has 0 aromatic carbocycles. The van der Waals surface area contributed by atoms with E-state index >= 15 is 0 Å². The van der Waals surface area contributed by atoms with Crippen LogP contribution in [-0.4, -0.2) is 43.6 Å². The first-order chi connectivity index (χ1) is 5.33. The van der Waals surface area contributed by atoms with Crippen LogP contribution < -0.4 is 0 Å². The van der Waals surface area contributed by atoms with Gasteiger partial charge in [0.1, 0.15) is 6.10 Å². The van der Waals surface area contributed by atoms with Crippen LogP contribution in [0.5, 0.6) is 0 Å². The highest BCUT2D eigenvalue weighted by atomic mass is 35.5. The third-order valence-electron chi connectivity index (χ3n) is 1.71. The molecule has 1 atom stereocenters. The molecule has 0 bridgehead atoms. The number of likely N-dealkylation sites (N-methyl/N-ethyl adjacent to an activating group) is 1. The molecule has 1 unspecified atom stereocenters. The Balaban J connectivity index is 2.08. The number of halogens is 1. The molecule has 3 nitrogen and oxygen atoms in total. The molecule has 0 radical (unpaired) electrons. The lowest BCUT2D eigenvalue weighted by Gasteiger charge is -2.17. The number of hydrogen-bond acceptors (Lipinski definition) is 3. The van der Waals surface area contributed by atoms with Crippen molar-refractivity contribution in [2.45, 2.75) is 12.5 Å². The summed E-state index contributed by atoms with van der Waals surface area (Å²) in [4.78, 5) is 11.9. The molecule has 1 aliphatic heterocycles. The minimum absolute atomic E-state index is 0.239. The average Bonchev–Trinajstić information content (AvgIpc) is 2.40. The van der Waals surface area contributed by atoms with Gasteiger partial charge in [0.15, 0.2) is 0 Å². The Kier molecular flexibility index (Phi) is 4.15. The van der Waals surface area contributed by atoms with Gasteiger partial charge in [-0.05, 0) is 7.05 Å². The van der Waals surface area contributed by atoms with E-state index in [0.717, 1.165) is 26.1 Å². The summed E-state index contributed by atoms with van der Waals surface area (Å²) in [6.07, 6.45) is 1.23. The molecule has 0 aromatic rings. The maximum Gasteiger partial charge on any atom is 0.108 e. The second-order valence-electron chi connectivity index (χ2n) is 2.78. The third-order valence-corrected chi connectivity index (χ3v) is 1.88. The van der Waals surface area contributed by atoms with Crippen molar-refractivity contribution in [3.63, 3.8) is 0 Å². The van der Waals surface area contributed by atoms with Crippen LogP contribution in [0, 0.1) is 0 Å². The first kappa shape index (κ1) is 9.26. The van der Waals surface area contributed by atoms with Crippen molar-refractivity contribution in [2.24, 2.45) is 0 Å². The Labute approximate surface area is 72.1 Å². The van der Waals surface area contributed by atoms with Crippen LogP contribution in [0.2, 0.25) is 0 Å². The van der Waals surface area contributed by atoms with Crippen molar-refractivity contribution in [3.8, 4) is 0 Å². The van der Waals surface area contributed by atoms with Gasteiger partial charge in [-0.2, -0.15) is 0 Å². The maximum atomic E-state index is 5.57. The molecule has 0 aromatic heterocycles. The van der Waals surface area contributed by atoms with Crippen LogP contribution in [0.4, 0.5) is 0 Å². The quantitative estimate of drug-likeness (QED) is 0.473. The molecule has 1 heterocycles. The predicted molar refractivity (Wildman–Crippen MR) is 43.7 cm³/mol. The molecule has 66 valence electrons. The maximum absolute atomic E-state index is 5.57. The van der Waals surface area contributed by atoms with E-state index in [1.807, 2.05) is 7.05 Å². The van der Waals surface area contributed by atoms with Crippen LogP contribution in [0.1, 0.15) is 6.42 Å². The Morgan fingerprint density at radius 1 is 1.64 bits per heavy atom. The zero-order chi connectivity index (χ0) is 8.10. The van der Waals surface area contributed by atoms with Gasteiger partial charge in [-0.3, -0.25) is 0 Å². The number of rotatable bonds is 4. The average molecular weight is 180 g/mol. The van der Waals surface area contributed by atoms with Crippen LogP contribution in [0.15, 0.2) is 0 Å². The highest BCUT2D eigenvalue weighted by Gasteiger charge is 2.18. The van der Waals surface area contributed by atoms with Crippen molar-refractivity contribution in [3.05, 3.63) is 0 Å². The largest absolute Gasteiger partial charge is 0.302 e. The number of alkyl halides is 1. The van der Waals surface area contributed by atoms with E-state index in [1.165, 1.54) is 0 Å². The van der Waals surface area contributed by atoms with Gasteiger partial charge in [-0.25, -0.2) is 9.78 Å². The normalized spacial score (nSPS) is 24.8. The van der Waals surface area contributed by atoms with Crippen molar-refractivity contribution < 1.29 is 9.78 Å². The second kappa shape index (κ2) is 4.93. The van der Waals surface area contributed by atoms with Gasteiger partial charge < -0.3 is 4.90 Å². The molecular formula is C7H14ClNO2. The van der Waals surface area contributed by atoms with E-state index in [2.05, 4.69) is 4.90 Å². The van der Waals surface area contributed by atoms with E-state index < -0.39 is 0 Å². The van der Waals surface area contributed by atoms with Gasteiger partial charge in [-0.1, -0.05) is 0 Å². The number of nitrogens with zero attached hydrogens (tertiary/aromatic N) is 1. The van der Waals surface area contributed by atoms with Gasteiger partial charge in [-0.15, -0.1) is 11.6 Å². The molecular weight excluding hydrogens is 166 g/mol. The van der Waals surface area contributed by atoms with E-state index in [0.29, 0.717) is 5.88 Å². The summed E-state index contributed by atoms with van der Waals surface area (Å²) >= 11 is 5.57. The summed E-state index contributed by atoms with van der Waals surface area (Å²) in [5.41, 5.74) is 0. The fourth-order valence-electron chi connectivity index (χ4n) is 1.08. The third kappa shape index (κ3) is 3.38. The van der Waals surface area contributed by atoms with Crippen molar-refractivity contribution in [1.82, 2.24) is 4.90 Å². The van der Waals surface area contributed by atoms with Gasteiger partial charge in [0.2, 0.25) is 0 Å². The van der Waals surface area contributed by atoms with E-state index in [4.69, 9.17) is 21.4 Å². The summed E-state index contributed by atoms with van der Waals surface area (Å²) in [7, 11) is 2.03. The Morgan fingerprint density at radius 3 is 3.00 bits per heavy atom. The minimum atomic E-state index is 0.239. The van der Waals surface area contributed by atoms with E-state index in [9.17, 15) is 0 Å². The predicted octanol–water partition coefficient (Wildman–Crippen LogP) is 0.877. The fourth-order valence-corrected chi connectivity index (χ4v) is 1.37. The van der Waals surface area contributed by atoms with E-state index in [-0.39, 0.29) is 6.10 Å². The Hall–Kier alpha value is 0.170. The Bertz CT molecular complexity index is 107. The molecule has 0 spiro atoms. The molecule has 4 heteroatoms. The molecule has 1 aliphatic rings. The lowest BCUT2D eigenvalue weighted by Crippen LogP contribution is -2.30. The molecule has 0 aliphatic carbocycles. The summed E-state index contributed by atoms with van der Waals surface area (Å²) < 4.78 is 0. The minimum Gasteiger partial charge on any atom is -0.302 e. The zero-order valence-electron chi connectivity index (χ0n) is 6.75. The second-order valence-corrected chi connectivity index (χ2v) is 3.16. The molecule has 0 amide bonds. The number of hydrogen-bond donors (Lipinski definition) is 0. The van der Waals surface area contributed by atoms with Gasteiger partial charge >= 0.3 is 0 Å². The van der Waals surface area contributed by atoms with E-state index in [1.54, 1.807) is 0 Å². The monoisotopic (exact) mass is 179 g/mol. The first-order valence-electron chi connectivity index (χ1n) is 3.85. The van der Waals surface area contributed by atoms with Crippen molar-refractivity contribution >= 4 is 11.6 Å². The molecule has 0 saturated carbocycles. The zero-order valence-corrected chi connectivity index (χ0v) is 7.51. The molecule has 0 N–H and O–H groups in total. The lowest BCUT2D eigenvalue weighted by molar-refractivity contribution is -0.275. The summed E-state index contributed by atoms with van der Waals surface area (Å²) in [5, 5.41) is 0. The van der Waals surface area contributed by atoms with Gasteiger partial charge in [0.25, 0.3) is 0 Å². The molecule has 11 heavy (non-hydrogen) atoms. The smallest absolute Gasteiger partial charge is 0.108 e. The summed E-state index contributed by atoms with van der Waals surface area (Å²) in [5.74, 6) is 0.671. The van der Waals surface area contributed by atoms with Crippen LogP contribution in [-0.2, 0) is 9.78 Å². The molecule has 1 rings (SSSR count). The summed E-state index contributed by atoms with van der Waals surface area (Å²) in [6, 6.07) is 0. The van der Waals surface area contributed by atoms with Gasteiger partial charge in [0, 0.05) is 25.4 Å². The topological polar surface area (TPSA) is 21.7 Å². The lowest BCUT2D eigenvalue weighted by atomic mass is 10.2. The standard InChI is InChI=1S/C7H14ClNO2/c1-9(4-3-8)6-7-2-5-10-11-7/h7H,2-6H2,1H3. The fraction of sp³-hybridized carbons (Fsp3) is 1.00. The van der Waals surface area contributed by atoms with Crippen LogP contribution in [0.25, 0.3) is 0 Å². The SMILES string of the molecule is CN(CCCl)CC1CCOO1. The van der Waals surface area contributed by atoms with Gasteiger partial charge in [0.05, 0.1) is 6.61 Å². The highest BCUT2D eigenvalue weighted by Crippen LogP contribution is 2.09. The highest BCUT2D eigenvalue weighted by molar-refractivity contribution is 6.18. The van der Waals surface area contributed by atoms with Crippen LogP contribution in [0.3, 0.4) is 0 Å². The molecule has 1 fully saturated rings. The summed E-state index contributed by atoms with van der Waals surface area (Å²) in [6.45, 7) is 2.54. The van der Waals surface area contributed by atoms with Crippen LogP contribution >= 0.6 is 11.6 Å². The Morgan fingerprint density at radius 2 is 2.45 bits per heavy atom. The first-order valence-corrected chi connectivity index (χ1v) is 4.39. The van der Waals surface area contributed by atoms with Crippen molar-refractivity contribution in [1.29, 1.82) is 0 Å². The van der Waals surface area contributed by atoms with Crippen molar-refractivity contribution in [2.75, 3.05) is 32.6 Å².